The third-order valence-electron chi connectivity index (χ3n) is 2.17. The Bertz CT molecular complexity index is 408. The third kappa shape index (κ3) is 2.49. The molecule has 2 nitrogen and oxygen atoms in total. The highest BCUT2D eigenvalue weighted by Crippen LogP contribution is 2.11. The summed E-state index contributed by atoms with van der Waals surface area (Å²) in [5.74, 6) is -1.69. The van der Waals surface area contributed by atoms with E-state index in [2.05, 4.69) is 0 Å². The lowest BCUT2D eigenvalue weighted by Crippen LogP contribution is -2.19. The van der Waals surface area contributed by atoms with Crippen LogP contribution in [0.25, 0.3) is 0 Å². The van der Waals surface area contributed by atoms with Crippen molar-refractivity contribution in [3.63, 3.8) is 0 Å². The number of carbonyl (C=O) groups excluding carboxylic acids is 2. The van der Waals surface area contributed by atoms with Gasteiger partial charge in [0.25, 0.3) is 0 Å². The first-order valence-corrected chi connectivity index (χ1v) is 4.78. The van der Waals surface area contributed by atoms with Crippen LogP contribution in [0.1, 0.15) is 29.8 Å². The minimum Gasteiger partial charge on any atom is -0.290 e. The average Bonchev–Trinajstić information content (AvgIpc) is 2.19. The van der Waals surface area contributed by atoms with E-state index in [1.807, 2.05) is 0 Å². The SMILES string of the molecule is Cc1cc(C(=O)C(=O)C(C)C)ccc1F. The van der Waals surface area contributed by atoms with E-state index in [1.165, 1.54) is 18.2 Å². The Hall–Kier alpha value is -1.51. The van der Waals surface area contributed by atoms with Crippen molar-refractivity contribution in [1.29, 1.82) is 0 Å². The molecule has 0 heterocycles. The molecule has 0 aliphatic carbocycles. The van der Waals surface area contributed by atoms with Crippen molar-refractivity contribution in [3.05, 3.63) is 35.1 Å². The Labute approximate surface area is 88.1 Å². The van der Waals surface area contributed by atoms with Gasteiger partial charge in [0.15, 0.2) is 0 Å². The number of ketones is 2. The van der Waals surface area contributed by atoms with E-state index in [4.69, 9.17) is 0 Å². The molecule has 0 aliphatic heterocycles. The highest BCUT2D eigenvalue weighted by molar-refractivity contribution is 6.44. The lowest BCUT2D eigenvalue weighted by atomic mass is 9.98. The van der Waals surface area contributed by atoms with Crippen molar-refractivity contribution in [1.82, 2.24) is 0 Å². The number of hydrogen-bond acceptors (Lipinski definition) is 2. The van der Waals surface area contributed by atoms with Crippen LogP contribution in [0.3, 0.4) is 0 Å². The maximum absolute atomic E-state index is 12.9. The number of Topliss-reactive ketones (excluding diaryl/α,β-unsaturated/α-hetero) is 2. The lowest BCUT2D eigenvalue weighted by Gasteiger charge is -2.04. The summed E-state index contributed by atoms with van der Waals surface area (Å²) in [6, 6.07) is 3.94. The zero-order valence-electron chi connectivity index (χ0n) is 9.00. The van der Waals surface area contributed by atoms with Crippen LogP contribution < -0.4 is 0 Å². The minimum absolute atomic E-state index is 0.257. The van der Waals surface area contributed by atoms with E-state index in [1.54, 1.807) is 20.8 Å². The number of rotatable bonds is 3. The van der Waals surface area contributed by atoms with Gasteiger partial charge in [-0.05, 0) is 30.7 Å². The van der Waals surface area contributed by atoms with Crippen molar-refractivity contribution in [3.8, 4) is 0 Å². The molecule has 0 amide bonds. The van der Waals surface area contributed by atoms with Crippen molar-refractivity contribution in [2.24, 2.45) is 5.92 Å². The summed E-state index contributed by atoms with van der Waals surface area (Å²) in [7, 11) is 0. The van der Waals surface area contributed by atoms with Crippen LogP contribution in [0.5, 0.6) is 0 Å². The summed E-state index contributed by atoms with van der Waals surface area (Å²) >= 11 is 0. The molecule has 0 radical (unpaired) electrons. The Morgan fingerprint density at radius 2 is 1.87 bits per heavy atom. The Balaban J connectivity index is 3.02. The standard InChI is InChI=1S/C12H13FO2/c1-7(2)11(14)12(15)9-4-5-10(13)8(3)6-9/h4-7H,1-3H3. The smallest absolute Gasteiger partial charge is 0.228 e. The number of benzene rings is 1. The number of hydrogen-bond donors (Lipinski definition) is 0. The van der Waals surface area contributed by atoms with Gasteiger partial charge in [0.1, 0.15) is 5.82 Å². The Kier molecular flexibility index (Phi) is 3.35. The van der Waals surface area contributed by atoms with Crippen LogP contribution in [0.4, 0.5) is 4.39 Å². The fourth-order valence-corrected chi connectivity index (χ4v) is 1.19. The molecule has 0 aromatic heterocycles. The van der Waals surface area contributed by atoms with E-state index in [0.29, 0.717) is 5.56 Å². The molecule has 1 rings (SSSR count). The van der Waals surface area contributed by atoms with Crippen molar-refractivity contribution in [2.45, 2.75) is 20.8 Å². The minimum atomic E-state index is -0.548. The van der Waals surface area contributed by atoms with Crippen LogP contribution in [0.15, 0.2) is 18.2 Å². The van der Waals surface area contributed by atoms with Crippen LogP contribution in [0.2, 0.25) is 0 Å². The molecule has 0 bridgehead atoms. The summed E-state index contributed by atoms with van der Waals surface area (Å²) in [5, 5.41) is 0. The molecule has 15 heavy (non-hydrogen) atoms. The van der Waals surface area contributed by atoms with E-state index in [0.717, 1.165) is 0 Å². The Morgan fingerprint density at radius 1 is 1.27 bits per heavy atom. The first-order chi connectivity index (χ1) is 6.93. The van der Waals surface area contributed by atoms with Crippen molar-refractivity contribution < 1.29 is 14.0 Å². The summed E-state index contributed by atoms with van der Waals surface area (Å²) in [6.07, 6.45) is 0. The predicted molar refractivity (Wildman–Crippen MR) is 55.3 cm³/mol. The van der Waals surface area contributed by atoms with Gasteiger partial charge in [-0.1, -0.05) is 13.8 Å². The van der Waals surface area contributed by atoms with Gasteiger partial charge in [-0.15, -0.1) is 0 Å². The average molecular weight is 208 g/mol. The number of halogens is 1. The van der Waals surface area contributed by atoms with Gasteiger partial charge in [-0.25, -0.2) is 4.39 Å². The summed E-state index contributed by atoms with van der Waals surface area (Å²) in [4.78, 5) is 23.0. The normalized spacial score (nSPS) is 10.5. The van der Waals surface area contributed by atoms with Crippen molar-refractivity contribution >= 4 is 11.6 Å². The molecule has 1 aromatic carbocycles. The largest absolute Gasteiger partial charge is 0.290 e. The fraction of sp³-hybridized carbons (Fsp3) is 0.333. The maximum atomic E-state index is 12.9. The van der Waals surface area contributed by atoms with Gasteiger partial charge in [0.05, 0.1) is 0 Å². The van der Waals surface area contributed by atoms with Crippen molar-refractivity contribution in [2.75, 3.05) is 0 Å². The molecule has 0 saturated heterocycles. The van der Waals surface area contributed by atoms with Crippen LogP contribution in [-0.2, 0) is 4.79 Å². The molecular weight excluding hydrogens is 195 g/mol. The van der Waals surface area contributed by atoms with Crippen LogP contribution >= 0.6 is 0 Å². The summed E-state index contributed by atoms with van der Waals surface area (Å²) in [6.45, 7) is 4.89. The summed E-state index contributed by atoms with van der Waals surface area (Å²) < 4.78 is 12.9. The van der Waals surface area contributed by atoms with Crippen LogP contribution in [0, 0.1) is 18.7 Å². The molecule has 3 heteroatoms. The maximum Gasteiger partial charge on any atom is 0.228 e. The Morgan fingerprint density at radius 3 is 2.33 bits per heavy atom. The van der Waals surface area contributed by atoms with E-state index < -0.39 is 11.6 Å². The topological polar surface area (TPSA) is 34.1 Å². The predicted octanol–water partition coefficient (Wildman–Crippen LogP) is 2.54. The second kappa shape index (κ2) is 4.34. The molecule has 0 spiro atoms. The first kappa shape index (κ1) is 11.6. The van der Waals surface area contributed by atoms with E-state index >= 15 is 0 Å². The zero-order valence-corrected chi connectivity index (χ0v) is 9.00. The molecule has 0 aliphatic rings. The second-order valence-electron chi connectivity index (χ2n) is 3.81. The molecule has 0 unspecified atom stereocenters. The van der Waals surface area contributed by atoms with Gasteiger partial charge in [-0.2, -0.15) is 0 Å². The zero-order chi connectivity index (χ0) is 11.6. The van der Waals surface area contributed by atoms with Gasteiger partial charge >= 0.3 is 0 Å². The summed E-state index contributed by atoms with van der Waals surface area (Å²) in [5.41, 5.74) is 0.630. The highest BCUT2D eigenvalue weighted by atomic mass is 19.1. The second-order valence-corrected chi connectivity index (χ2v) is 3.81. The molecule has 0 atom stereocenters. The molecule has 80 valence electrons. The van der Waals surface area contributed by atoms with E-state index in [9.17, 15) is 14.0 Å². The molecular formula is C12H13FO2. The lowest BCUT2D eigenvalue weighted by molar-refractivity contribution is -0.117. The van der Waals surface area contributed by atoms with Gasteiger partial charge in [0, 0.05) is 11.5 Å². The van der Waals surface area contributed by atoms with Gasteiger partial charge in [-0.3, -0.25) is 9.59 Å². The highest BCUT2D eigenvalue weighted by Gasteiger charge is 2.19. The molecule has 0 N–H and O–H groups in total. The number of carbonyl (C=O) groups is 2. The monoisotopic (exact) mass is 208 g/mol. The molecule has 0 fully saturated rings. The number of aryl methyl sites for hydroxylation is 1. The third-order valence-corrected chi connectivity index (χ3v) is 2.17. The quantitative estimate of drug-likeness (QED) is 0.565. The molecule has 1 aromatic rings. The fourth-order valence-electron chi connectivity index (χ4n) is 1.19. The van der Waals surface area contributed by atoms with E-state index in [-0.39, 0.29) is 17.3 Å². The van der Waals surface area contributed by atoms with Gasteiger partial charge < -0.3 is 0 Å². The molecule has 0 saturated carbocycles. The van der Waals surface area contributed by atoms with Crippen LogP contribution in [-0.4, -0.2) is 11.6 Å². The first-order valence-electron chi connectivity index (χ1n) is 4.78. The van der Waals surface area contributed by atoms with Gasteiger partial charge in [0.2, 0.25) is 11.6 Å².